The minimum atomic E-state index is -1.17. The molecule has 0 saturated heterocycles. The molecule has 4 rings (SSSR count). The summed E-state index contributed by atoms with van der Waals surface area (Å²) in [4.78, 5) is 43.9. The maximum atomic E-state index is 11.1. The summed E-state index contributed by atoms with van der Waals surface area (Å²) in [5.41, 5.74) is 0.463. The topological polar surface area (TPSA) is 142 Å². The monoisotopic (exact) mass is 812 g/mol. The first kappa shape index (κ1) is 37.0. The van der Waals surface area contributed by atoms with Gasteiger partial charge in [-0.15, -0.1) is 0 Å². The molecule has 0 bridgehead atoms. The van der Waals surface area contributed by atoms with Crippen LogP contribution in [-0.4, -0.2) is 31.2 Å². The number of methoxy groups -OCH3 is 1. The molecule has 230 valence electrons. The minimum absolute atomic E-state index is 0. The summed E-state index contributed by atoms with van der Waals surface area (Å²) in [6, 6.07) is 27.7. The van der Waals surface area contributed by atoms with Gasteiger partial charge in [0, 0.05) is 0 Å². The summed E-state index contributed by atoms with van der Waals surface area (Å²) in [5, 5.41) is 22.1. The standard InChI is InChI=1S/C15H12IO5.C15H12IO4.2CH4/c1-20-15(19)21-11-8-6-10(7-9-11)16-13-5-3-2-4-12(13)14(17)18;1-10(17)20-12-8-6-11(7-9-12)16-14-5-3-2-4-13(14)15(18)19;;/h2-9H,1H3,(H,17,18);2-9H,1H3,(H,18,19);2*1H4/q2*-1;;/p-2. The van der Waals surface area contributed by atoms with Gasteiger partial charge in [0.25, 0.3) is 0 Å². The number of esters is 1. The molecule has 4 aromatic rings. The molecule has 0 amide bonds. The van der Waals surface area contributed by atoms with E-state index in [0.717, 1.165) is 14.3 Å². The van der Waals surface area contributed by atoms with Crippen molar-refractivity contribution < 1.29 is 86.0 Å². The van der Waals surface area contributed by atoms with E-state index in [1.807, 2.05) is 18.2 Å². The van der Waals surface area contributed by atoms with Gasteiger partial charge in [-0.1, -0.05) is 14.9 Å². The van der Waals surface area contributed by atoms with Crippen molar-refractivity contribution in [3.05, 3.63) is 122 Å². The summed E-state index contributed by atoms with van der Waals surface area (Å²) in [7, 11) is 1.24. The Morgan fingerprint density at radius 1 is 0.581 bits per heavy atom. The van der Waals surface area contributed by atoms with E-state index < -0.39 is 60.5 Å². The van der Waals surface area contributed by atoms with Crippen LogP contribution < -0.4 is 62.1 Å². The van der Waals surface area contributed by atoms with E-state index in [0.29, 0.717) is 11.5 Å². The van der Waals surface area contributed by atoms with Crippen LogP contribution in [0.1, 0.15) is 42.5 Å². The number of rotatable bonds is 8. The van der Waals surface area contributed by atoms with Crippen LogP contribution in [-0.2, 0) is 9.53 Å². The summed E-state index contributed by atoms with van der Waals surface area (Å²) >= 11 is -1.28. The number of benzene rings is 4. The van der Waals surface area contributed by atoms with E-state index in [1.54, 1.807) is 78.9 Å². The normalized spacial score (nSPS) is 9.72. The second-order valence-corrected chi connectivity index (χ2v) is 13.7. The number of hydrogen-bond acceptors (Lipinski definition) is 9. The molecule has 0 heterocycles. The van der Waals surface area contributed by atoms with E-state index in [9.17, 15) is 29.4 Å². The van der Waals surface area contributed by atoms with Crippen LogP contribution in [0.25, 0.3) is 0 Å². The second-order valence-electron chi connectivity index (χ2n) is 7.78. The Balaban J connectivity index is 0.000000411. The second kappa shape index (κ2) is 18.5. The first-order chi connectivity index (χ1) is 19.7. The van der Waals surface area contributed by atoms with Gasteiger partial charge in [-0.2, -0.15) is 0 Å². The molecule has 9 nitrogen and oxygen atoms in total. The molecule has 0 saturated carbocycles. The van der Waals surface area contributed by atoms with Crippen LogP contribution in [0.5, 0.6) is 11.5 Å². The van der Waals surface area contributed by atoms with Crippen LogP contribution in [0.3, 0.4) is 0 Å². The summed E-state index contributed by atoms with van der Waals surface area (Å²) in [6.45, 7) is 1.34. The predicted octanol–water partition coefficient (Wildman–Crippen LogP) is -2.30. The molecule has 11 heteroatoms. The number of carbonyl (C=O) groups is 4. The first-order valence-corrected chi connectivity index (χ1v) is 16.0. The van der Waals surface area contributed by atoms with Crippen molar-refractivity contribution >= 4 is 24.1 Å². The zero-order valence-corrected chi connectivity index (χ0v) is 26.0. The van der Waals surface area contributed by atoms with Gasteiger partial charge in [0.15, 0.2) is 0 Å². The van der Waals surface area contributed by atoms with Crippen molar-refractivity contribution in [3.63, 3.8) is 0 Å². The molecule has 4 aromatic carbocycles. The third-order valence-corrected chi connectivity index (χ3v) is 10.6. The molecule has 0 aliphatic heterocycles. The van der Waals surface area contributed by atoms with Gasteiger partial charge in [0.2, 0.25) is 0 Å². The van der Waals surface area contributed by atoms with Crippen molar-refractivity contribution in [1.82, 2.24) is 0 Å². The zero-order chi connectivity index (χ0) is 29.8. The van der Waals surface area contributed by atoms with Gasteiger partial charge in [-0.25, -0.2) is 0 Å². The van der Waals surface area contributed by atoms with Gasteiger partial charge in [-0.3, -0.25) is 0 Å². The molecule has 0 aliphatic rings. The van der Waals surface area contributed by atoms with Crippen molar-refractivity contribution in [2.24, 2.45) is 0 Å². The molecular weight excluding hydrogens is 782 g/mol. The number of ether oxygens (including phenoxy) is 3. The number of carboxylic acids is 2. The van der Waals surface area contributed by atoms with E-state index in [4.69, 9.17) is 9.47 Å². The van der Waals surface area contributed by atoms with Gasteiger partial charge in [0.1, 0.15) is 0 Å². The molecule has 0 spiro atoms. The molecule has 0 fully saturated rings. The molecule has 0 N–H and O–H groups in total. The summed E-state index contributed by atoms with van der Waals surface area (Å²) in [6.07, 6.45) is -0.778. The zero-order valence-electron chi connectivity index (χ0n) is 21.7. The third-order valence-electron chi connectivity index (χ3n) is 4.87. The Morgan fingerprint density at radius 3 is 1.30 bits per heavy atom. The number of aromatic carboxylic acids is 2. The van der Waals surface area contributed by atoms with Crippen LogP contribution in [0.15, 0.2) is 97.1 Å². The third kappa shape index (κ3) is 12.0. The van der Waals surface area contributed by atoms with Crippen LogP contribution in [0.2, 0.25) is 0 Å². The van der Waals surface area contributed by atoms with Gasteiger partial charge in [-0.05, 0) is 0 Å². The molecule has 0 unspecified atom stereocenters. The van der Waals surface area contributed by atoms with Crippen molar-refractivity contribution in [3.8, 4) is 11.5 Å². The fourth-order valence-corrected chi connectivity index (χ4v) is 8.02. The Kier molecular flexibility index (Phi) is 16.0. The van der Waals surface area contributed by atoms with E-state index in [2.05, 4.69) is 4.74 Å². The van der Waals surface area contributed by atoms with Gasteiger partial charge in [0.05, 0.1) is 0 Å². The average molecular weight is 812 g/mol. The number of hydrogen-bond donors (Lipinski definition) is 0. The maximum absolute atomic E-state index is 11.1. The average Bonchev–Trinajstić information content (AvgIpc) is 2.95. The molecule has 43 heavy (non-hydrogen) atoms. The Labute approximate surface area is 271 Å². The predicted molar refractivity (Wildman–Crippen MR) is 147 cm³/mol. The van der Waals surface area contributed by atoms with Crippen molar-refractivity contribution in [1.29, 1.82) is 0 Å². The van der Waals surface area contributed by atoms with E-state index in [1.165, 1.54) is 14.0 Å². The quantitative estimate of drug-likeness (QED) is 0.0832. The molecule has 0 aromatic heterocycles. The Bertz CT molecular complexity index is 1520. The first-order valence-electron chi connectivity index (χ1n) is 11.7. The number of carboxylic acid groups (broad SMARTS) is 2. The summed E-state index contributed by atoms with van der Waals surface area (Å²) < 4.78 is 17.8. The fraction of sp³-hybridized carbons (Fsp3) is 0.125. The molecular formula is C32H30I2O9-4. The Hall–Kier alpha value is -3.98. The molecule has 0 atom stereocenters. The van der Waals surface area contributed by atoms with Crippen LogP contribution in [0.4, 0.5) is 4.79 Å². The van der Waals surface area contributed by atoms with Gasteiger partial charge >= 0.3 is 258 Å². The van der Waals surface area contributed by atoms with Crippen molar-refractivity contribution in [2.45, 2.75) is 21.8 Å². The van der Waals surface area contributed by atoms with Gasteiger partial charge < -0.3 is 0 Å². The molecule has 0 aliphatic carbocycles. The van der Waals surface area contributed by atoms with E-state index in [-0.39, 0.29) is 31.9 Å². The number of halogens is 2. The SMILES string of the molecule is C.C.CC(=O)Oc1ccc([I-]c2ccccc2C(=O)[O-])cc1.COC(=O)Oc1ccc([I-]c2ccccc2C(=O)[O-])cc1. The van der Waals surface area contributed by atoms with Crippen LogP contribution >= 0.6 is 0 Å². The van der Waals surface area contributed by atoms with Crippen LogP contribution in [0, 0.1) is 14.3 Å². The molecule has 0 radical (unpaired) electrons. The summed E-state index contributed by atoms with van der Waals surface area (Å²) in [5.74, 6) is -1.83. The fourth-order valence-electron chi connectivity index (χ4n) is 3.09. The Morgan fingerprint density at radius 2 is 0.953 bits per heavy atom. The number of carbonyl (C=O) groups excluding carboxylic acids is 4. The van der Waals surface area contributed by atoms with Crippen molar-refractivity contribution in [2.75, 3.05) is 7.11 Å². The van der Waals surface area contributed by atoms with E-state index >= 15 is 0 Å².